The molecule has 0 fully saturated rings. The molecule has 3 aromatic rings. The van der Waals surface area contributed by atoms with Crippen LogP contribution < -0.4 is 5.32 Å². The molecule has 1 unspecified atom stereocenters. The molecule has 0 saturated heterocycles. The van der Waals surface area contributed by atoms with Crippen molar-refractivity contribution in [1.29, 1.82) is 0 Å². The number of aryl methyl sites for hydroxylation is 1. The predicted molar refractivity (Wildman–Crippen MR) is 121 cm³/mol. The molecular weight excluding hydrogens is 431 g/mol. The van der Waals surface area contributed by atoms with Gasteiger partial charge in [-0.05, 0) is 55.9 Å². The summed E-state index contributed by atoms with van der Waals surface area (Å²) in [6.45, 7) is 3.83. The van der Waals surface area contributed by atoms with Crippen molar-refractivity contribution in [3.8, 4) is 0 Å². The number of carbonyl (C=O) groups is 2. The number of halogens is 3. The second kappa shape index (κ2) is 8.92. The molecule has 2 amide bonds. The van der Waals surface area contributed by atoms with E-state index in [4.69, 9.17) is 0 Å². The van der Waals surface area contributed by atoms with Gasteiger partial charge in [0.25, 0.3) is 5.91 Å². The SMILES string of the molecule is CCN(CC(=O)Nc1ccccc1C(F)(F)F)C(=O)c1cccc2c3c([nH]c12)CCC(C)C3. The molecule has 1 atom stereocenters. The number of para-hydroxylation sites is 2. The van der Waals surface area contributed by atoms with Crippen LogP contribution in [-0.4, -0.2) is 34.8 Å². The Balaban J connectivity index is 1.56. The van der Waals surface area contributed by atoms with E-state index in [1.54, 1.807) is 13.0 Å². The standard InChI is InChI=1S/C25H26F3N3O2/c1-3-31(14-22(32)29-21-10-5-4-9-19(21)25(26,27)28)24(33)17-8-6-7-16-18-13-15(2)11-12-20(18)30-23(16)17/h4-10,15,30H,3,11-14H2,1-2H3,(H,29,32). The first-order chi connectivity index (χ1) is 15.7. The lowest BCUT2D eigenvalue weighted by atomic mass is 9.87. The molecule has 0 saturated carbocycles. The van der Waals surface area contributed by atoms with Crippen molar-refractivity contribution in [2.75, 3.05) is 18.4 Å². The van der Waals surface area contributed by atoms with E-state index in [-0.39, 0.29) is 24.7 Å². The number of alkyl halides is 3. The van der Waals surface area contributed by atoms with Crippen LogP contribution in [0.15, 0.2) is 42.5 Å². The fourth-order valence-corrected chi connectivity index (χ4v) is 4.49. The molecule has 174 valence electrons. The van der Waals surface area contributed by atoms with Crippen LogP contribution in [0.4, 0.5) is 18.9 Å². The van der Waals surface area contributed by atoms with Crippen molar-refractivity contribution in [3.05, 3.63) is 64.8 Å². The van der Waals surface area contributed by atoms with Gasteiger partial charge in [0.2, 0.25) is 5.91 Å². The zero-order chi connectivity index (χ0) is 23.8. The van der Waals surface area contributed by atoms with Crippen molar-refractivity contribution in [1.82, 2.24) is 9.88 Å². The Morgan fingerprint density at radius 3 is 2.64 bits per heavy atom. The first kappa shape index (κ1) is 22.9. The molecule has 0 bridgehead atoms. The third-order valence-corrected chi connectivity index (χ3v) is 6.21. The first-order valence-electron chi connectivity index (χ1n) is 11.1. The summed E-state index contributed by atoms with van der Waals surface area (Å²) >= 11 is 0. The van der Waals surface area contributed by atoms with E-state index < -0.39 is 17.6 Å². The number of hydrogen-bond donors (Lipinski definition) is 2. The summed E-state index contributed by atoms with van der Waals surface area (Å²) in [5, 5.41) is 3.33. The minimum Gasteiger partial charge on any atom is -0.358 e. The van der Waals surface area contributed by atoms with Crippen LogP contribution in [0, 0.1) is 5.92 Å². The highest BCUT2D eigenvalue weighted by molar-refractivity contribution is 6.08. The fourth-order valence-electron chi connectivity index (χ4n) is 4.49. The highest BCUT2D eigenvalue weighted by atomic mass is 19.4. The van der Waals surface area contributed by atoms with E-state index in [0.717, 1.165) is 41.9 Å². The number of hydrogen-bond acceptors (Lipinski definition) is 2. The van der Waals surface area contributed by atoms with Gasteiger partial charge in [0.15, 0.2) is 0 Å². The zero-order valence-electron chi connectivity index (χ0n) is 18.6. The Morgan fingerprint density at radius 2 is 1.91 bits per heavy atom. The fraction of sp³-hybridized carbons (Fsp3) is 0.360. The summed E-state index contributed by atoms with van der Waals surface area (Å²) in [6, 6.07) is 10.3. The summed E-state index contributed by atoms with van der Waals surface area (Å²) in [5.41, 5.74) is 2.34. The van der Waals surface area contributed by atoms with Crippen LogP contribution in [0.5, 0.6) is 0 Å². The monoisotopic (exact) mass is 457 g/mol. The lowest BCUT2D eigenvalue weighted by Crippen LogP contribution is -2.38. The second-order valence-corrected chi connectivity index (χ2v) is 8.57. The number of anilines is 1. The van der Waals surface area contributed by atoms with Crippen molar-refractivity contribution in [2.45, 2.75) is 39.3 Å². The average molecular weight is 457 g/mol. The van der Waals surface area contributed by atoms with Crippen molar-refractivity contribution in [3.63, 3.8) is 0 Å². The molecule has 8 heteroatoms. The smallest absolute Gasteiger partial charge is 0.358 e. The van der Waals surface area contributed by atoms with E-state index >= 15 is 0 Å². The quantitative estimate of drug-likeness (QED) is 0.538. The van der Waals surface area contributed by atoms with E-state index in [9.17, 15) is 22.8 Å². The molecule has 0 aliphatic heterocycles. The lowest BCUT2D eigenvalue weighted by Gasteiger charge is -2.21. The Hall–Kier alpha value is -3.29. The number of H-pyrrole nitrogens is 1. The van der Waals surface area contributed by atoms with Crippen molar-refractivity contribution < 1.29 is 22.8 Å². The van der Waals surface area contributed by atoms with Gasteiger partial charge in [0.05, 0.1) is 22.3 Å². The molecule has 1 aromatic heterocycles. The van der Waals surface area contributed by atoms with Crippen LogP contribution in [0.2, 0.25) is 0 Å². The highest BCUT2D eigenvalue weighted by Gasteiger charge is 2.34. The molecule has 4 rings (SSSR count). The zero-order valence-corrected chi connectivity index (χ0v) is 18.6. The maximum atomic E-state index is 13.3. The maximum Gasteiger partial charge on any atom is 0.418 e. The van der Waals surface area contributed by atoms with Gasteiger partial charge in [0.1, 0.15) is 6.54 Å². The summed E-state index contributed by atoms with van der Waals surface area (Å²) in [6.07, 6.45) is -1.63. The van der Waals surface area contributed by atoms with Gasteiger partial charge in [-0.1, -0.05) is 31.2 Å². The van der Waals surface area contributed by atoms with Gasteiger partial charge < -0.3 is 15.2 Å². The number of nitrogens with one attached hydrogen (secondary N) is 2. The van der Waals surface area contributed by atoms with Gasteiger partial charge in [-0.25, -0.2) is 0 Å². The molecule has 2 N–H and O–H groups in total. The number of aromatic amines is 1. The van der Waals surface area contributed by atoms with Crippen LogP contribution >= 0.6 is 0 Å². The van der Waals surface area contributed by atoms with Crippen LogP contribution in [0.25, 0.3) is 10.9 Å². The summed E-state index contributed by atoms with van der Waals surface area (Å²) < 4.78 is 39.7. The molecule has 1 heterocycles. The minimum absolute atomic E-state index is 0.237. The van der Waals surface area contributed by atoms with Crippen molar-refractivity contribution >= 4 is 28.4 Å². The van der Waals surface area contributed by atoms with Gasteiger partial charge in [0, 0.05) is 17.6 Å². The van der Waals surface area contributed by atoms with E-state index in [2.05, 4.69) is 17.2 Å². The van der Waals surface area contributed by atoms with E-state index in [1.165, 1.54) is 28.7 Å². The summed E-state index contributed by atoms with van der Waals surface area (Å²) in [4.78, 5) is 30.6. The third-order valence-electron chi connectivity index (χ3n) is 6.21. The van der Waals surface area contributed by atoms with E-state index in [1.807, 2.05) is 12.1 Å². The number of likely N-dealkylation sites (N-methyl/N-ethyl adjacent to an activating group) is 1. The number of amides is 2. The van der Waals surface area contributed by atoms with Crippen LogP contribution in [-0.2, 0) is 23.8 Å². The molecule has 1 aliphatic rings. The Labute approximate surface area is 190 Å². The molecule has 33 heavy (non-hydrogen) atoms. The average Bonchev–Trinajstić information content (AvgIpc) is 3.14. The largest absolute Gasteiger partial charge is 0.418 e. The number of rotatable bonds is 5. The Kier molecular flexibility index (Phi) is 6.19. The summed E-state index contributed by atoms with van der Waals surface area (Å²) in [7, 11) is 0. The topological polar surface area (TPSA) is 65.2 Å². The molecule has 0 radical (unpaired) electrons. The third kappa shape index (κ3) is 4.60. The van der Waals surface area contributed by atoms with Crippen molar-refractivity contribution in [2.24, 2.45) is 5.92 Å². The summed E-state index contributed by atoms with van der Waals surface area (Å²) in [5.74, 6) is -0.450. The normalized spacial score (nSPS) is 15.8. The number of carbonyl (C=O) groups excluding carboxylic acids is 2. The van der Waals surface area contributed by atoms with Gasteiger partial charge >= 0.3 is 6.18 Å². The highest BCUT2D eigenvalue weighted by Crippen LogP contribution is 2.35. The van der Waals surface area contributed by atoms with Gasteiger partial charge in [-0.15, -0.1) is 0 Å². The minimum atomic E-state index is -4.59. The van der Waals surface area contributed by atoms with Crippen LogP contribution in [0.1, 0.15) is 47.4 Å². The first-order valence-corrected chi connectivity index (χ1v) is 11.1. The number of aromatic nitrogens is 1. The number of nitrogens with zero attached hydrogens (tertiary/aromatic N) is 1. The number of fused-ring (bicyclic) bond motifs is 3. The van der Waals surface area contributed by atoms with Crippen LogP contribution in [0.3, 0.4) is 0 Å². The molecule has 0 spiro atoms. The van der Waals surface area contributed by atoms with Gasteiger partial charge in [-0.3, -0.25) is 9.59 Å². The second-order valence-electron chi connectivity index (χ2n) is 8.57. The Morgan fingerprint density at radius 1 is 1.15 bits per heavy atom. The van der Waals surface area contributed by atoms with E-state index in [0.29, 0.717) is 11.5 Å². The molecule has 5 nitrogen and oxygen atoms in total. The lowest BCUT2D eigenvalue weighted by molar-refractivity contribution is -0.137. The Bertz CT molecular complexity index is 1200. The number of benzene rings is 2. The van der Waals surface area contributed by atoms with Gasteiger partial charge in [-0.2, -0.15) is 13.2 Å². The molecule has 2 aromatic carbocycles. The maximum absolute atomic E-state index is 13.3. The molecule has 1 aliphatic carbocycles. The predicted octanol–water partition coefficient (Wildman–Crippen LogP) is 5.41. The molecular formula is C25H26F3N3O2.